The van der Waals surface area contributed by atoms with Crippen LogP contribution in [0.15, 0.2) is 18.2 Å². The molecule has 0 amide bonds. The number of hydrogen-bond acceptors (Lipinski definition) is 4. The van der Waals surface area contributed by atoms with Crippen LogP contribution in [-0.4, -0.2) is 27.2 Å². The van der Waals surface area contributed by atoms with Crippen LogP contribution in [0.4, 0.5) is 11.4 Å². The molecule has 0 aliphatic carbocycles. The van der Waals surface area contributed by atoms with E-state index in [0.29, 0.717) is 23.7 Å². The lowest BCUT2D eigenvalue weighted by Crippen LogP contribution is -2.15. The van der Waals surface area contributed by atoms with Gasteiger partial charge in [-0.1, -0.05) is 18.5 Å². The first-order chi connectivity index (χ1) is 8.41. The highest BCUT2D eigenvalue weighted by molar-refractivity contribution is 7.84. The third-order valence-electron chi connectivity index (χ3n) is 2.59. The van der Waals surface area contributed by atoms with E-state index in [1.54, 1.807) is 6.26 Å². The molecule has 1 aromatic rings. The van der Waals surface area contributed by atoms with Gasteiger partial charge in [0.15, 0.2) is 0 Å². The highest BCUT2D eigenvalue weighted by Gasteiger charge is 2.14. The lowest BCUT2D eigenvalue weighted by Gasteiger charge is -2.10. The summed E-state index contributed by atoms with van der Waals surface area (Å²) in [5.41, 5.74) is 0.381. The molecule has 0 aromatic heterocycles. The lowest BCUT2D eigenvalue weighted by atomic mass is 10.2. The zero-order valence-electron chi connectivity index (χ0n) is 10.2. The average molecular weight is 291 g/mol. The van der Waals surface area contributed by atoms with E-state index >= 15 is 0 Å². The first kappa shape index (κ1) is 14.9. The third kappa shape index (κ3) is 4.27. The monoisotopic (exact) mass is 290 g/mol. The molecular formula is C11H15ClN2O3S. The smallest absolute Gasteiger partial charge is 0.292 e. The summed E-state index contributed by atoms with van der Waals surface area (Å²) in [6.07, 6.45) is 2.32. The van der Waals surface area contributed by atoms with Crippen LogP contribution in [0, 0.1) is 10.1 Å². The number of halogens is 1. The fraction of sp³-hybridized carbons (Fsp3) is 0.455. The molecule has 1 N–H and O–H groups in total. The van der Waals surface area contributed by atoms with E-state index in [0.717, 1.165) is 0 Å². The average Bonchev–Trinajstić information content (AvgIpc) is 2.28. The van der Waals surface area contributed by atoms with Crippen LogP contribution >= 0.6 is 11.6 Å². The van der Waals surface area contributed by atoms with E-state index < -0.39 is 15.7 Å². The summed E-state index contributed by atoms with van der Waals surface area (Å²) in [5, 5.41) is 14.3. The van der Waals surface area contributed by atoms with Gasteiger partial charge in [0.2, 0.25) is 0 Å². The maximum atomic E-state index is 11.2. The van der Waals surface area contributed by atoms with Crippen LogP contribution in [0.3, 0.4) is 0 Å². The normalized spacial score (nSPS) is 13.9. The maximum absolute atomic E-state index is 11.2. The number of nitrogens with one attached hydrogen (secondary N) is 1. The van der Waals surface area contributed by atoms with Crippen LogP contribution in [0.2, 0.25) is 5.02 Å². The molecule has 5 nitrogen and oxygen atoms in total. The first-order valence-corrected chi connectivity index (χ1v) is 7.41. The first-order valence-electron chi connectivity index (χ1n) is 5.42. The standard InChI is InChI=1S/C11H15ClN2O3S/c1-8(18(2)17)5-6-13-10-7-9(12)3-4-11(10)14(15)16/h3-4,7-8,13H,5-6H2,1-2H3. The number of nitro benzene ring substituents is 1. The minimum Gasteiger partial charge on any atom is -0.379 e. The van der Waals surface area contributed by atoms with Gasteiger partial charge in [-0.05, 0) is 18.6 Å². The van der Waals surface area contributed by atoms with Crippen molar-refractivity contribution in [1.82, 2.24) is 0 Å². The van der Waals surface area contributed by atoms with Gasteiger partial charge >= 0.3 is 0 Å². The number of nitro groups is 1. The van der Waals surface area contributed by atoms with Crippen LogP contribution in [0.5, 0.6) is 0 Å². The zero-order chi connectivity index (χ0) is 13.7. The van der Waals surface area contributed by atoms with Crippen molar-refractivity contribution >= 4 is 33.8 Å². The molecule has 2 atom stereocenters. The summed E-state index contributed by atoms with van der Waals surface area (Å²) >= 11 is 5.80. The maximum Gasteiger partial charge on any atom is 0.292 e. The Labute approximate surface area is 113 Å². The summed E-state index contributed by atoms with van der Waals surface area (Å²) in [4.78, 5) is 10.4. The molecule has 0 bridgehead atoms. The van der Waals surface area contributed by atoms with Gasteiger partial charge in [-0.25, -0.2) is 0 Å². The molecule has 1 rings (SSSR count). The molecule has 1 aromatic carbocycles. The second-order valence-corrected chi connectivity index (χ2v) is 6.18. The Balaban J connectivity index is 2.69. The van der Waals surface area contributed by atoms with Crippen molar-refractivity contribution in [3.63, 3.8) is 0 Å². The second-order valence-electron chi connectivity index (χ2n) is 3.94. The Bertz CT molecular complexity index is 468. The van der Waals surface area contributed by atoms with E-state index in [2.05, 4.69) is 5.32 Å². The molecule has 0 fully saturated rings. The van der Waals surface area contributed by atoms with Gasteiger partial charge in [-0.2, -0.15) is 0 Å². The van der Waals surface area contributed by atoms with Crippen molar-refractivity contribution in [1.29, 1.82) is 0 Å². The number of benzene rings is 1. The summed E-state index contributed by atoms with van der Waals surface area (Å²) in [6, 6.07) is 4.37. The molecular weight excluding hydrogens is 276 g/mol. The van der Waals surface area contributed by atoms with Gasteiger partial charge in [0.25, 0.3) is 5.69 Å². The van der Waals surface area contributed by atoms with Gasteiger partial charge in [0.1, 0.15) is 5.69 Å². The highest BCUT2D eigenvalue weighted by atomic mass is 35.5. The van der Waals surface area contributed by atoms with Crippen LogP contribution in [0.1, 0.15) is 13.3 Å². The molecule has 0 heterocycles. The lowest BCUT2D eigenvalue weighted by molar-refractivity contribution is -0.384. The van der Waals surface area contributed by atoms with E-state index in [1.165, 1.54) is 18.2 Å². The SMILES string of the molecule is CC(CCNc1cc(Cl)ccc1[N+](=O)[O-])S(C)=O. The largest absolute Gasteiger partial charge is 0.379 e. The molecule has 100 valence electrons. The molecule has 18 heavy (non-hydrogen) atoms. The molecule has 0 spiro atoms. The number of rotatable bonds is 6. The van der Waals surface area contributed by atoms with E-state index in [-0.39, 0.29) is 10.9 Å². The Morgan fingerprint density at radius 2 is 2.22 bits per heavy atom. The molecule has 7 heteroatoms. The number of hydrogen-bond donors (Lipinski definition) is 1. The quantitative estimate of drug-likeness (QED) is 0.646. The molecule has 0 aliphatic heterocycles. The van der Waals surface area contributed by atoms with E-state index in [4.69, 9.17) is 11.6 Å². The van der Waals surface area contributed by atoms with Crippen LogP contribution < -0.4 is 5.32 Å². The Morgan fingerprint density at radius 3 is 2.78 bits per heavy atom. The predicted octanol–water partition coefficient (Wildman–Crippen LogP) is 2.82. The van der Waals surface area contributed by atoms with Gasteiger partial charge in [-0.3, -0.25) is 14.3 Å². The predicted molar refractivity (Wildman–Crippen MR) is 74.7 cm³/mol. The van der Waals surface area contributed by atoms with Crippen molar-refractivity contribution in [3.8, 4) is 0 Å². The number of nitrogens with zero attached hydrogens (tertiary/aromatic N) is 1. The van der Waals surface area contributed by atoms with Crippen molar-refractivity contribution in [3.05, 3.63) is 33.3 Å². The molecule has 2 unspecified atom stereocenters. The Morgan fingerprint density at radius 1 is 1.56 bits per heavy atom. The van der Waals surface area contributed by atoms with Crippen molar-refractivity contribution in [2.45, 2.75) is 18.6 Å². The van der Waals surface area contributed by atoms with Crippen molar-refractivity contribution in [2.75, 3.05) is 18.1 Å². The van der Waals surface area contributed by atoms with E-state index in [1.807, 2.05) is 6.92 Å². The van der Waals surface area contributed by atoms with Gasteiger partial charge in [0.05, 0.1) is 4.92 Å². The number of anilines is 1. The molecule has 0 aliphatic rings. The fourth-order valence-corrected chi connectivity index (χ4v) is 2.01. The minimum absolute atomic E-state index is 0.00956. The topological polar surface area (TPSA) is 72.2 Å². The summed E-state index contributed by atoms with van der Waals surface area (Å²) in [5.74, 6) is 0. The van der Waals surface area contributed by atoms with E-state index in [9.17, 15) is 14.3 Å². The summed E-state index contributed by atoms with van der Waals surface area (Å²) in [6.45, 7) is 2.39. The zero-order valence-corrected chi connectivity index (χ0v) is 11.8. The fourth-order valence-electron chi connectivity index (χ4n) is 1.39. The molecule has 0 saturated carbocycles. The van der Waals surface area contributed by atoms with Crippen LogP contribution in [0.25, 0.3) is 0 Å². The van der Waals surface area contributed by atoms with Crippen molar-refractivity contribution in [2.24, 2.45) is 0 Å². The highest BCUT2D eigenvalue weighted by Crippen LogP contribution is 2.27. The van der Waals surface area contributed by atoms with Crippen molar-refractivity contribution < 1.29 is 9.13 Å². The Hall–Kier alpha value is -1.14. The van der Waals surface area contributed by atoms with Gasteiger partial charge < -0.3 is 5.32 Å². The summed E-state index contributed by atoms with van der Waals surface area (Å²) < 4.78 is 11.2. The minimum atomic E-state index is -0.887. The van der Waals surface area contributed by atoms with Gasteiger partial charge in [0, 0.05) is 39.9 Å². The van der Waals surface area contributed by atoms with Gasteiger partial charge in [-0.15, -0.1) is 0 Å². The van der Waals surface area contributed by atoms with Crippen LogP contribution in [-0.2, 0) is 10.8 Å². The Kier molecular flexibility index (Phi) is 5.55. The third-order valence-corrected chi connectivity index (χ3v) is 4.19. The summed E-state index contributed by atoms with van der Waals surface area (Å²) in [7, 11) is -0.887. The molecule has 0 radical (unpaired) electrons. The molecule has 0 saturated heterocycles. The second kappa shape index (κ2) is 6.70.